The molecule has 0 spiro atoms. The van der Waals surface area contributed by atoms with Gasteiger partial charge in [-0.3, -0.25) is 10.2 Å². The van der Waals surface area contributed by atoms with Gasteiger partial charge >= 0.3 is 0 Å². The molecule has 2 aliphatic rings. The number of nitrogens with zero attached hydrogens (tertiary/aromatic N) is 5. The summed E-state index contributed by atoms with van der Waals surface area (Å²) in [5.74, 6) is 0.166. The highest BCUT2D eigenvalue weighted by Crippen LogP contribution is 2.25. The fourth-order valence-electron chi connectivity index (χ4n) is 3.60. The molecule has 1 aromatic rings. The molecule has 1 unspecified atom stereocenters. The maximum absolute atomic E-state index is 12.3. The quantitative estimate of drug-likeness (QED) is 0.261. The van der Waals surface area contributed by atoms with Crippen LogP contribution in [0.1, 0.15) is 44.6 Å². The van der Waals surface area contributed by atoms with E-state index in [1.165, 1.54) is 9.91 Å². The SMILES string of the molecule is CCCCCN(C#N)C(=N)N1CC(N2CCCC2=O)C(c2ccc(Cl)cc2)=N1. The minimum Gasteiger partial charge on any atom is -0.332 e. The molecule has 7 nitrogen and oxygen atoms in total. The van der Waals surface area contributed by atoms with Gasteiger partial charge in [-0.25, -0.2) is 9.91 Å². The van der Waals surface area contributed by atoms with Gasteiger partial charge in [-0.05, 0) is 25.0 Å². The fourth-order valence-corrected chi connectivity index (χ4v) is 3.73. The van der Waals surface area contributed by atoms with Gasteiger partial charge in [-0.2, -0.15) is 10.4 Å². The molecule has 148 valence electrons. The Kier molecular flexibility index (Phi) is 6.53. The number of nitriles is 1. The van der Waals surface area contributed by atoms with Crippen LogP contribution in [-0.4, -0.2) is 58.1 Å². The van der Waals surface area contributed by atoms with Gasteiger partial charge in [0.15, 0.2) is 6.19 Å². The number of benzene rings is 1. The number of hydrogen-bond donors (Lipinski definition) is 1. The number of likely N-dealkylation sites (tertiary alicyclic amines) is 1. The smallest absolute Gasteiger partial charge is 0.228 e. The monoisotopic (exact) mass is 400 g/mol. The largest absolute Gasteiger partial charge is 0.332 e. The van der Waals surface area contributed by atoms with Gasteiger partial charge in [0.05, 0.1) is 18.3 Å². The van der Waals surface area contributed by atoms with E-state index < -0.39 is 0 Å². The molecule has 2 heterocycles. The standard InChI is InChI=1S/C20H25ClN6O/c1-2-3-4-11-25(14-22)20(23)27-13-17(26-12-5-6-18(26)28)19(24-27)15-7-9-16(21)10-8-15/h7-10,17,23H,2-6,11-13H2,1H3. The summed E-state index contributed by atoms with van der Waals surface area (Å²) in [5, 5.41) is 24.8. The summed E-state index contributed by atoms with van der Waals surface area (Å²) >= 11 is 6.01. The third kappa shape index (κ3) is 4.28. The lowest BCUT2D eigenvalue weighted by atomic mass is 10.0. The van der Waals surface area contributed by atoms with Crippen molar-refractivity contribution in [2.75, 3.05) is 19.6 Å². The molecule has 0 bridgehead atoms. The zero-order valence-electron chi connectivity index (χ0n) is 16.1. The molecule has 0 aromatic heterocycles. The maximum atomic E-state index is 12.3. The first kappa shape index (κ1) is 20.2. The highest BCUT2D eigenvalue weighted by molar-refractivity contribution is 6.30. The summed E-state index contributed by atoms with van der Waals surface area (Å²) in [7, 11) is 0. The van der Waals surface area contributed by atoms with Crippen molar-refractivity contribution in [1.82, 2.24) is 14.8 Å². The van der Waals surface area contributed by atoms with E-state index in [4.69, 9.17) is 17.0 Å². The van der Waals surface area contributed by atoms with E-state index in [0.717, 1.165) is 37.0 Å². The van der Waals surface area contributed by atoms with E-state index >= 15 is 0 Å². The van der Waals surface area contributed by atoms with Gasteiger partial charge < -0.3 is 4.90 Å². The zero-order valence-corrected chi connectivity index (χ0v) is 16.8. The van der Waals surface area contributed by atoms with E-state index in [1.54, 1.807) is 12.1 Å². The number of hydrogen-bond acceptors (Lipinski definition) is 4. The van der Waals surface area contributed by atoms with Crippen LogP contribution in [0.5, 0.6) is 0 Å². The number of carbonyl (C=O) groups is 1. The minimum atomic E-state index is -0.229. The summed E-state index contributed by atoms with van der Waals surface area (Å²) in [4.78, 5) is 15.6. The zero-order chi connectivity index (χ0) is 20.1. The summed E-state index contributed by atoms with van der Waals surface area (Å²) in [6.07, 6.45) is 6.38. The second-order valence-electron chi connectivity index (χ2n) is 7.06. The number of nitrogens with one attached hydrogen (secondary N) is 1. The van der Waals surface area contributed by atoms with E-state index in [-0.39, 0.29) is 17.9 Å². The summed E-state index contributed by atoms with van der Waals surface area (Å²) in [6, 6.07) is 7.12. The van der Waals surface area contributed by atoms with Crippen LogP contribution in [0, 0.1) is 16.9 Å². The lowest BCUT2D eigenvalue weighted by Gasteiger charge is -2.27. The van der Waals surface area contributed by atoms with Gasteiger partial charge in [0.2, 0.25) is 11.9 Å². The fraction of sp³-hybridized carbons (Fsp3) is 0.500. The predicted molar refractivity (Wildman–Crippen MR) is 109 cm³/mol. The second-order valence-corrected chi connectivity index (χ2v) is 7.50. The molecule has 1 amide bonds. The first-order valence-electron chi connectivity index (χ1n) is 9.72. The number of amides is 1. The molecule has 1 N–H and O–H groups in total. The summed E-state index contributed by atoms with van der Waals surface area (Å²) < 4.78 is 0. The highest BCUT2D eigenvalue weighted by atomic mass is 35.5. The molecule has 1 saturated heterocycles. The van der Waals surface area contributed by atoms with Crippen molar-refractivity contribution >= 4 is 29.2 Å². The molecule has 1 fully saturated rings. The van der Waals surface area contributed by atoms with Crippen LogP contribution in [0.2, 0.25) is 5.02 Å². The van der Waals surface area contributed by atoms with Crippen molar-refractivity contribution in [3.63, 3.8) is 0 Å². The molecular formula is C20H25ClN6O. The molecule has 0 aliphatic carbocycles. The normalized spacial score (nSPS) is 19.0. The molecule has 3 rings (SSSR count). The Labute approximate surface area is 170 Å². The number of guanidine groups is 1. The Balaban J connectivity index is 1.84. The van der Waals surface area contributed by atoms with Crippen molar-refractivity contribution in [3.05, 3.63) is 34.9 Å². The van der Waals surface area contributed by atoms with Crippen LogP contribution in [0.15, 0.2) is 29.4 Å². The van der Waals surface area contributed by atoms with Crippen LogP contribution < -0.4 is 0 Å². The number of hydrazone groups is 1. The number of rotatable bonds is 6. The molecule has 2 aliphatic heterocycles. The molecule has 1 aromatic carbocycles. The van der Waals surface area contributed by atoms with Crippen molar-refractivity contribution in [3.8, 4) is 6.19 Å². The van der Waals surface area contributed by atoms with Crippen LogP contribution in [0.25, 0.3) is 0 Å². The first-order valence-corrected chi connectivity index (χ1v) is 10.1. The molecule has 0 radical (unpaired) electrons. The third-order valence-corrected chi connectivity index (χ3v) is 5.37. The van der Waals surface area contributed by atoms with Crippen molar-refractivity contribution in [1.29, 1.82) is 10.7 Å². The van der Waals surface area contributed by atoms with Crippen LogP contribution in [-0.2, 0) is 4.79 Å². The molecule has 0 saturated carbocycles. The molecular weight excluding hydrogens is 376 g/mol. The lowest BCUT2D eigenvalue weighted by Crippen LogP contribution is -2.46. The van der Waals surface area contributed by atoms with E-state index in [0.29, 0.717) is 31.1 Å². The van der Waals surface area contributed by atoms with Crippen LogP contribution in [0.3, 0.4) is 0 Å². The Bertz CT molecular complexity index is 800. The maximum Gasteiger partial charge on any atom is 0.228 e. The second kappa shape index (κ2) is 9.07. The number of unbranched alkanes of at least 4 members (excludes halogenated alkanes) is 2. The van der Waals surface area contributed by atoms with Gasteiger partial charge in [-0.1, -0.05) is 43.5 Å². The molecule has 1 atom stereocenters. The van der Waals surface area contributed by atoms with Gasteiger partial charge in [-0.15, -0.1) is 0 Å². The average molecular weight is 401 g/mol. The summed E-state index contributed by atoms with van der Waals surface area (Å²) in [6.45, 7) is 3.67. The van der Waals surface area contributed by atoms with Gasteiger partial charge in [0.1, 0.15) is 0 Å². The molecule has 8 heteroatoms. The number of halogens is 1. The first-order chi connectivity index (χ1) is 13.5. The highest BCUT2D eigenvalue weighted by Gasteiger charge is 2.39. The summed E-state index contributed by atoms with van der Waals surface area (Å²) in [5.41, 5.74) is 1.61. The minimum absolute atomic E-state index is 0.0548. The number of carbonyl (C=O) groups excluding carboxylic acids is 1. The Morgan fingerprint density at radius 1 is 1.39 bits per heavy atom. The van der Waals surface area contributed by atoms with E-state index in [1.807, 2.05) is 17.0 Å². The lowest BCUT2D eigenvalue weighted by molar-refractivity contribution is -0.128. The Hall–Kier alpha value is -2.59. The van der Waals surface area contributed by atoms with Crippen LogP contribution >= 0.6 is 11.6 Å². The van der Waals surface area contributed by atoms with E-state index in [9.17, 15) is 10.1 Å². The predicted octanol–water partition coefficient (Wildman–Crippen LogP) is 3.26. The van der Waals surface area contributed by atoms with Crippen molar-refractivity contribution in [2.45, 2.75) is 45.1 Å². The topological polar surface area (TPSA) is 86.8 Å². The Morgan fingerprint density at radius 2 is 2.14 bits per heavy atom. The third-order valence-electron chi connectivity index (χ3n) is 5.12. The average Bonchev–Trinajstić information content (AvgIpc) is 3.31. The van der Waals surface area contributed by atoms with Crippen molar-refractivity contribution in [2.24, 2.45) is 5.10 Å². The van der Waals surface area contributed by atoms with Gasteiger partial charge in [0.25, 0.3) is 0 Å². The van der Waals surface area contributed by atoms with E-state index in [2.05, 4.69) is 18.2 Å². The van der Waals surface area contributed by atoms with Crippen molar-refractivity contribution < 1.29 is 4.79 Å². The molecule has 28 heavy (non-hydrogen) atoms. The van der Waals surface area contributed by atoms with Crippen LogP contribution in [0.4, 0.5) is 0 Å². The van der Waals surface area contributed by atoms with Gasteiger partial charge in [0, 0.05) is 30.1 Å². The Morgan fingerprint density at radius 3 is 2.75 bits per heavy atom.